The number of aliphatic hydroxyl groups is 7. The van der Waals surface area contributed by atoms with Crippen LogP contribution in [-0.2, 0) is 38.0 Å². The third-order valence-corrected chi connectivity index (χ3v) is 12.7. The number of carbonyl (C=O) groups is 2. The molecule has 0 bridgehead atoms. The van der Waals surface area contributed by atoms with E-state index in [1.54, 1.807) is 0 Å². The predicted octanol–water partition coefficient (Wildman–Crippen LogP) is 7.38. The van der Waals surface area contributed by atoms with E-state index in [0.717, 1.165) is 38.5 Å². The molecule has 15 heteroatoms. The van der Waals surface area contributed by atoms with Gasteiger partial charge >= 0.3 is 11.9 Å². The van der Waals surface area contributed by atoms with Crippen LogP contribution in [-0.4, -0.2) is 142 Å². The minimum absolute atomic E-state index is 0.169. The number of hydrogen-bond donors (Lipinski definition) is 7. The summed E-state index contributed by atoms with van der Waals surface area (Å²) in [4.78, 5) is 25.7. The largest absolute Gasteiger partial charge is 0.462 e. The van der Waals surface area contributed by atoms with Gasteiger partial charge in [0.25, 0.3) is 0 Å². The van der Waals surface area contributed by atoms with Gasteiger partial charge in [-0.3, -0.25) is 9.59 Å². The standard InChI is InChI=1S/C51H94O15/c1-3-5-7-9-11-13-14-15-16-17-18-19-20-21-22-23-24-26-27-29-31-33-42(53)61-36-39(64-43(54)34-32-30-28-25-12-10-8-6-4-2)37-62-50-49(60)47(58)45(56)41(66-50)38-63-51-48(59)46(57)44(55)40(35-52)65-51/h15-16,39-41,44-52,55-60H,3-14,17-38H2,1-2H3/b16-15+/t39-,40+,41+,44-,45-,46?,47?,48?,49?,50+,51+/m0/s1. The fraction of sp³-hybridized carbons (Fsp3) is 0.922. The highest BCUT2D eigenvalue weighted by Crippen LogP contribution is 2.26. The Balaban J connectivity index is 1.73. The van der Waals surface area contributed by atoms with Gasteiger partial charge < -0.3 is 64.2 Å². The smallest absolute Gasteiger partial charge is 0.306 e. The van der Waals surface area contributed by atoms with Gasteiger partial charge in [0, 0.05) is 12.8 Å². The zero-order chi connectivity index (χ0) is 48.2. The van der Waals surface area contributed by atoms with Crippen LogP contribution in [0.5, 0.6) is 0 Å². The summed E-state index contributed by atoms with van der Waals surface area (Å²) in [6.07, 6.45) is 21.2. The first kappa shape index (κ1) is 60.4. The number of rotatable bonds is 41. The number of unbranched alkanes of at least 4 members (excludes halogenated alkanes) is 25. The Labute approximate surface area is 397 Å². The Hall–Kier alpha value is -1.76. The summed E-state index contributed by atoms with van der Waals surface area (Å²) >= 11 is 0. The van der Waals surface area contributed by atoms with Gasteiger partial charge in [-0.25, -0.2) is 0 Å². The zero-order valence-corrected chi connectivity index (χ0v) is 40.9. The maximum atomic E-state index is 12.9. The van der Waals surface area contributed by atoms with E-state index in [-0.39, 0.29) is 26.1 Å². The Morgan fingerprint density at radius 1 is 0.470 bits per heavy atom. The van der Waals surface area contributed by atoms with Crippen molar-refractivity contribution < 1.29 is 73.8 Å². The van der Waals surface area contributed by atoms with Crippen molar-refractivity contribution in [3.8, 4) is 0 Å². The molecule has 2 aliphatic heterocycles. The zero-order valence-electron chi connectivity index (χ0n) is 40.9. The molecular formula is C51H94O15. The van der Waals surface area contributed by atoms with E-state index in [2.05, 4.69) is 26.0 Å². The highest BCUT2D eigenvalue weighted by atomic mass is 16.7. The lowest BCUT2D eigenvalue weighted by Crippen LogP contribution is -2.61. The van der Waals surface area contributed by atoms with Gasteiger partial charge in [-0.2, -0.15) is 0 Å². The number of aliphatic hydroxyl groups excluding tert-OH is 7. The lowest BCUT2D eigenvalue weighted by molar-refractivity contribution is -0.332. The number of ether oxygens (including phenoxy) is 6. The molecule has 66 heavy (non-hydrogen) atoms. The van der Waals surface area contributed by atoms with Crippen LogP contribution < -0.4 is 0 Å². The molecule has 11 atom stereocenters. The molecule has 0 amide bonds. The van der Waals surface area contributed by atoms with Gasteiger partial charge in [-0.05, 0) is 38.5 Å². The van der Waals surface area contributed by atoms with E-state index >= 15 is 0 Å². The summed E-state index contributed by atoms with van der Waals surface area (Å²) in [5, 5.41) is 72.0. The Morgan fingerprint density at radius 2 is 0.864 bits per heavy atom. The van der Waals surface area contributed by atoms with Crippen LogP contribution >= 0.6 is 0 Å². The van der Waals surface area contributed by atoms with Crippen LogP contribution in [0.15, 0.2) is 12.2 Å². The average molecular weight is 947 g/mol. The Kier molecular flexibility index (Phi) is 35.7. The van der Waals surface area contributed by atoms with E-state index in [1.165, 1.54) is 128 Å². The SMILES string of the molecule is CCCCCCCC/C=C/CCCCCCCCCCCCCC(=O)OC[C@@H](CO[C@@H]1O[C@H](CO[C@@H]2O[C@H](CO)[C@H](O)C(O)C2O)[C@H](O)C(O)C1O)OC(=O)CCCCCCCCCCC. The van der Waals surface area contributed by atoms with Crippen LogP contribution in [0.1, 0.15) is 206 Å². The van der Waals surface area contributed by atoms with Crippen molar-refractivity contribution in [3.05, 3.63) is 12.2 Å². The minimum Gasteiger partial charge on any atom is -0.462 e. The molecule has 2 heterocycles. The normalized spacial score (nSPS) is 26.2. The van der Waals surface area contributed by atoms with Crippen molar-refractivity contribution in [2.75, 3.05) is 26.4 Å². The van der Waals surface area contributed by atoms with Crippen LogP contribution in [0.4, 0.5) is 0 Å². The maximum Gasteiger partial charge on any atom is 0.306 e. The Bertz CT molecular complexity index is 1210. The Morgan fingerprint density at radius 3 is 1.33 bits per heavy atom. The summed E-state index contributed by atoms with van der Waals surface area (Å²) in [6, 6.07) is 0. The van der Waals surface area contributed by atoms with Crippen LogP contribution in [0, 0.1) is 0 Å². The second kappa shape index (κ2) is 39.0. The van der Waals surface area contributed by atoms with Gasteiger partial charge in [0.2, 0.25) is 0 Å². The van der Waals surface area contributed by atoms with Crippen molar-refractivity contribution in [1.29, 1.82) is 0 Å². The number of carbonyl (C=O) groups excluding carboxylic acids is 2. The van der Waals surface area contributed by atoms with Crippen molar-refractivity contribution in [2.24, 2.45) is 0 Å². The predicted molar refractivity (Wildman–Crippen MR) is 252 cm³/mol. The molecule has 0 saturated carbocycles. The summed E-state index contributed by atoms with van der Waals surface area (Å²) in [5.41, 5.74) is 0. The number of allylic oxidation sites excluding steroid dienone is 2. The lowest BCUT2D eigenvalue weighted by Gasteiger charge is -2.42. The van der Waals surface area contributed by atoms with Gasteiger partial charge in [0.15, 0.2) is 18.7 Å². The molecule has 0 aromatic carbocycles. The minimum atomic E-state index is -1.76. The average Bonchev–Trinajstić information content (AvgIpc) is 3.31. The monoisotopic (exact) mass is 947 g/mol. The van der Waals surface area contributed by atoms with Gasteiger partial charge in [-0.1, -0.05) is 167 Å². The molecule has 0 aromatic rings. The van der Waals surface area contributed by atoms with Crippen molar-refractivity contribution in [3.63, 3.8) is 0 Å². The second-order valence-corrected chi connectivity index (χ2v) is 18.7. The van der Waals surface area contributed by atoms with Gasteiger partial charge in [0.05, 0.1) is 19.8 Å². The van der Waals surface area contributed by atoms with E-state index in [0.29, 0.717) is 12.8 Å². The quantitative estimate of drug-likeness (QED) is 0.0180. The molecule has 15 nitrogen and oxygen atoms in total. The first-order valence-corrected chi connectivity index (χ1v) is 26.3. The van der Waals surface area contributed by atoms with E-state index < -0.39 is 92.7 Å². The molecule has 7 N–H and O–H groups in total. The molecule has 0 spiro atoms. The fourth-order valence-corrected chi connectivity index (χ4v) is 8.39. The molecule has 2 rings (SSSR count). The third kappa shape index (κ3) is 26.8. The van der Waals surface area contributed by atoms with E-state index in [9.17, 15) is 45.3 Å². The van der Waals surface area contributed by atoms with Crippen molar-refractivity contribution in [2.45, 2.75) is 274 Å². The maximum absolute atomic E-state index is 12.9. The number of esters is 2. The van der Waals surface area contributed by atoms with Gasteiger partial charge in [-0.15, -0.1) is 0 Å². The molecule has 2 saturated heterocycles. The van der Waals surface area contributed by atoms with Crippen LogP contribution in [0.25, 0.3) is 0 Å². The first-order valence-electron chi connectivity index (χ1n) is 26.3. The molecule has 2 aliphatic rings. The summed E-state index contributed by atoms with van der Waals surface area (Å²) in [5.74, 6) is -0.920. The lowest BCUT2D eigenvalue weighted by atomic mass is 9.98. The summed E-state index contributed by atoms with van der Waals surface area (Å²) in [6.45, 7) is 2.58. The van der Waals surface area contributed by atoms with E-state index in [1.807, 2.05) is 0 Å². The van der Waals surface area contributed by atoms with Gasteiger partial charge in [0.1, 0.15) is 55.4 Å². The number of hydrogen-bond acceptors (Lipinski definition) is 15. The molecule has 0 aliphatic carbocycles. The molecule has 2 fully saturated rings. The van der Waals surface area contributed by atoms with Crippen LogP contribution in [0.2, 0.25) is 0 Å². The summed E-state index contributed by atoms with van der Waals surface area (Å²) in [7, 11) is 0. The van der Waals surface area contributed by atoms with E-state index in [4.69, 9.17) is 28.4 Å². The second-order valence-electron chi connectivity index (χ2n) is 18.7. The summed E-state index contributed by atoms with van der Waals surface area (Å²) < 4.78 is 33.5. The highest BCUT2D eigenvalue weighted by molar-refractivity contribution is 5.70. The van der Waals surface area contributed by atoms with Crippen molar-refractivity contribution in [1.82, 2.24) is 0 Å². The molecule has 0 radical (unpaired) electrons. The topological polar surface area (TPSA) is 231 Å². The van der Waals surface area contributed by atoms with Crippen molar-refractivity contribution >= 4 is 11.9 Å². The fourth-order valence-electron chi connectivity index (χ4n) is 8.39. The highest BCUT2D eigenvalue weighted by Gasteiger charge is 2.47. The first-order chi connectivity index (χ1) is 32.0. The molecular weight excluding hydrogens is 853 g/mol. The molecule has 0 aromatic heterocycles. The molecule has 4 unspecified atom stereocenters. The molecule has 388 valence electrons. The third-order valence-electron chi connectivity index (χ3n) is 12.7. The van der Waals surface area contributed by atoms with Crippen LogP contribution in [0.3, 0.4) is 0 Å².